The smallest absolute Gasteiger partial charge is 0.338 e. The topological polar surface area (TPSA) is 114 Å². The standard InChI is InChI=1S/C19H24N4O5/c1-3-22(4-2)9-10-28-19(27)14-5-7-16(8-6-14)21-17(24)13-23-12-15(11-20-23)18(25)26/h5-8,11-12H,3-4,9-10,13H2,1-2H3,(H,21,24)(H,25,26). The third-order valence-corrected chi connectivity index (χ3v) is 4.13. The molecule has 0 fully saturated rings. The van der Waals surface area contributed by atoms with E-state index in [1.807, 2.05) is 0 Å². The van der Waals surface area contributed by atoms with Crippen LogP contribution in [0.5, 0.6) is 0 Å². The van der Waals surface area contributed by atoms with Gasteiger partial charge in [0.2, 0.25) is 5.91 Å². The minimum atomic E-state index is -1.11. The maximum atomic E-state index is 12.0. The van der Waals surface area contributed by atoms with Crippen molar-refractivity contribution in [1.29, 1.82) is 0 Å². The van der Waals surface area contributed by atoms with Crippen LogP contribution >= 0.6 is 0 Å². The first-order valence-corrected chi connectivity index (χ1v) is 8.98. The van der Waals surface area contributed by atoms with E-state index in [-0.39, 0.29) is 18.0 Å². The molecule has 1 heterocycles. The van der Waals surface area contributed by atoms with Crippen molar-refractivity contribution >= 4 is 23.5 Å². The summed E-state index contributed by atoms with van der Waals surface area (Å²) in [4.78, 5) is 37.0. The van der Waals surface area contributed by atoms with Crippen LogP contribution in [0.15, 0.2) is 36.7 Å². The van der Waals surface area contributed by atoms with Crippen molar-refractivity contribution in [2.24, 2.45) is 0 Å². The quantitative estimate of drug-likeness (QED) is 0.596. The molecular weight excluding hydrogens is 364 g/mol. The molecule has 0 saturated heterocycles. The van der Waals surface area contributed by atoms with Crippen molar-refractivity contribution < 1.29 is 24.2 Å². The minimum absolute atomic E-state index is 0.0108. The summed E-state index contributed by atoms with van der Waals surface area (Å²) in [6, 6.07) is 6.35. The molecule has 9 heteroatoms. The Labute approximate surface area is 162 Å². The summed E-state index contributed by atoms with van der Waals surface area (Å²) in [7, 11) is 0. The van der Waals surface area contributed by atoms with E-state index in [0.29, 0.717) is 24.4 Å². The van der Waals surface area contributed by atoms with Gasteiger partial charge in [0.25, 0.3) is 0 Å². The summed E-state index contributed by atoms with van der Waals surface area (Å²) >= 11 is 0. The number of carboxylic acid groups (broad SMARTS) is 1. The summed E-state index contributed by atoms with van der Waals surface area (Å²) in [6.07, 6.45) is 2.45. The van der Waals surface area contributed by atoms with Crippen molar-refractivity contribution in [2.75, 3.05) is 31.6 Å². The minimum Gasteiger partial charge on any atom is -0.478 e. The molecule has 0 bridgehead atoms. The fraction of sp³-hybridized carbons (Fsp3) is 0.368. The number of rotatable bonds is 10. The molecule has 0 aliphatic carbocycles. The molecule has 9 nitrogen and oxygen atoms in total. The highest BCUT2D eigenvalue weighted by Gasteiger charge is 2.11. The number of amides is 1. The number of likely N-dealkylation sites (N-methyl/N-ethyl adjacent to an activating group) is 1. The molecule has 0 unspecified atom stereocenters. The highest BCUT2D eigenvalue weighted by Crippen LogP contribution is 2.11. The SMILES string of the molecule is CCN(CC)CCOC(=O)c1ccc(NC(=O)Cn2cc(C(=O)O)cn2)cc1. The number of esters is 1. The summed E-state index contributed by atoms with van der Waals surface area (Å²) < 4.78 is 6.49. The summed E-state index contributed by atoms with van der Waals surface area (Å²) in [5, 5.41) is 15.3. The molecule has 0 spiro atoms. The third-order valence-electron chi connectivity index (χ3n) is 4.13. The van der Waals surface area contributed by atoms with Gasteiger partial charge in [0.05, 0.1) is 17.3 Å². The number of ether oxygens (including phenoxy) is 1. The van der Waals surface area contributed by atoms with Crippen molar-refractivity contribution in [3.63, 3.8) is 0 Å². The molecule has 2 aromatic rings. The van der Waals surface area contributed by atoms with Crippen LogP contribution in [-0.4, -0.2) is 63.9 Å². The number of nitrogens with zero attached hydrogens (tertiary/aromatic N) is 3. The van der Waals surface area contributed by atoms with Crippen LogP contribution in [0.2, 0.25) is 0 Å². The van der Waals surface area contributed by atoms with Gasteiger partial charge in [0.15, 0.2) is 0 Å². The lowest BCUT2D eigenvalue weighted by molar-refractivity contribution is -0.116. The lowest BCUT2D eigenvalue weighted by atomic mass is 10.2. The Morgan fingerprint density at radius 1 is 1.14 bits per heavy atom. The van der Waals surface area contributed by atoms with Gasteiger partial charge in [-0.05, 0) is 37.4 Å². The fourth-order valence-corrected chi connectivity index (χ4v) is 2.49. The number of nitrogens with one attached hydrogen (secondary N) is 1. The number of hydrogen-bond donors (Lipinski definition) is 2. The second-order valence-corrected chi connectivity index (χ2v) is 6.02. The van der Waals surface area contributed by atoms with Crippen LogP contribution in [0.3, 0.4) is 0 Å². The molecule has 150 valence electrons. The number of aromatic carboxylic acids is 1. The lowest BCUT2D eigenvalue weighted by Gasteiger charge is -2.17. The maximum Gasteiger partial charge on any atom is 0.338 e. The third kappa shape index (κ3) is 6.20. The van der Waals surface area contributed by atoms with Crippen LogP contribution in [0.4, 0.5) is 5.69 Å². The Morgan fingerprint density at radius 3 is 2.39 bits per heavy atom. The molecule has 0 aliphatic rings. The summed E-state index contributed by atoms with van der Waals surface area (Å²) in [6.45, 7) is 6.79. The van der Waals surface area contributed by atoms with Crippen LogP contribution in [0.1, 0.15) is 34.6 Å². The van der Waals surface area contributed by atoms with E-state index in [1.54, 1.807) is 24.3 Å². The number of anilines is 1. The Kier molecular flexibility index (Phi) is 7.70. The molecule has 1 amide bonds. The zero-order valence-corrected chi connectivity index (χ0v) is 15.9. The zero-order valence-electron chi connectivity index (χ0n) is 15.9. The van der Waals surface area contributed by atoms with Crippen molar-refractivity contribution in [1.82, 2.24) is 14.7 Å². The van der Waals surface area contributed by atoms with E-state index in [0.717, 1.165) is 13.1 Å². The molecule has 28 heavy (non-hydrogen) atoms. The summed E-state index contributed by atoms with van der Waals surface area (Å²) in [5.74, 6) is -1.89. The van der Waals surface area contributed by atoms with Crippen molar-refractivity contribution in [3.05, 3.63) is 47.8 Å². The van der Waals surface area contributed by atoms with Gasteiger partial charge in [-0.15, -0.1) is 0 Å². The van der Waals surface area contributed by atoms with Gasteiger partial charge in [0, 0.05) is 18.4 Å². The normalized spacial score (nSPS) is 10.7. The molecule has 1 aromatic heterocycles. The highest BCUT2D eigenvalue weighted by molar-refractivity contribution is 5.93. The van der Waals surface area contributed by atoms with Crippen LogP contribution in [-0.2, 0) is 16.1 Å². The number of carbonyl (C=O) groups is 3. The number of carboxylic acids is 1. The molecule has 0 radical (unpaired) electrons. The number of aromatic nitrogens is 2. The number of benzene rings is 1. The van der Waals surface area contributed by atoms with Gasteiger partial charge < -0.3 is 20.1 Å². The number of carbonyl (C=O) groups excluding carboxylic acids is 2. The lowest BCUT2D eigenvalue weighted by Crippen LogP contribution is -2.27. The van der Waals surface area contributed by atoms with Crippen LogP contribution in [0.25, 0.3) is 0 Å². The van der Waals surface area contributed by atoms with Gasteiger partial charge >= 0.3 is 11.9 Å². The van der Waals surface area contributed by atoms with E-state index >= 15 is 0 Å². The summed E-state index contributed by atoms with van der Waals surface area (Å²) in [5.41, 5.74) is 0.919. The maximum absolute atomic E-state index is 12.0. The molecular formula is C19H24N4O5. The molecule has 2 rings (SSSR count). The fourth-order valence-electron chi connectivity index (χ4n) is 2.49. The van der Waals surface area contributed by atoms with E-state index in [4.69, 9.17) is 9.84 Å². The molecule has 0 atom stereocenters. The Hall–Kier alpha value is -3.20. The molecule has 2 N–H and O–H groups in total. The van der Waals surface area contributed by atoms with E-state index in [9.17, 15) is 14.4 Å². The first-order valence-electron chi connectivity index (χ1n) is 8.98. The van der Waals surface area contributed by atoms with E-state index in [1.165, 1.54) is 17.1 Å². The average Bonchev–Trinajstić information content (AvgIpc) is 3.14. The molecule has 0 saturated carbocycles. The van der Waals surface area contributed by atoms with Crippen LogP contribution in [0, 0.1) is 0 Å². The van der Waals surface area contributed by atoms with Gasteiger partial charge in [-0.1, -0.05) is 13.8 Å². The van der Waals surface area contributed by atoms with Gasteiger partial charge in [-0.25, -0.2) is 9.59 Å². The zero-order chi connectivity index (χ0) is 20.5. The first kappa shape index (κ1) is 21.1. The predicted octanol–water partition coefficient (Wildman–Crippen LogP) is 1.72. The second kappa shape index (κ2) is 10.2. The van der Waals surface area contributed by atoms with Gasteiger partial charge in [-0.3, -0.25) is 9.48 Å². The van der Waals surface area contributed by atoms with E-state index < -0.39 is 11.9 Å². The largest absolute Gasteiger partial charge is 0.478 e. The van der Waals surface area contributed by atoms with Crippen molar-refractivity contribution in [2.45, 2.75) is 20.4 Å². The highest BCUT2D eigenvalue weighted by atomic mass is 16.5. The van der Waals surface area contributed by atoms with Gasteiger partial charge in [-0.2, -0.15) is 5.10 Å². The Balaban J connectivity index is 1.83. The Bertz CT molecular complexity index is 812. The monoisotopic (exact) mass is 388 g/mol. The predicted molar refractivity (Wildman–Crippen MR) is 102 cm³/mol. The molecule has 0 aliphatic heterocycles. The average molecular weight is 388 g/mol. The number of hydrogen-bond acceptors (Lipinski definition) is 6. The van der Waals surface area contributed by atoms with Crippen LogP contribution < -0.4 is 5.32 Å². The Morgan fingerprint density at radius 2 is 1.82 bits per heavy atom. The van der Waals surface area contributed by atoms with E-state index in [2.05, 4.69) is 29.2 Å². The second-order valence-electron chi connectivity index (χ2n) is 6.02. The first-order chi connectivity index (χ1) is 13.4. The molecule has 1 aromatic carbocycles. The van der Waals surface area contributed by atoms with Gasteiger partial charge in [0.1, 0.15) is 13.2 Å². The van der Waals surface area contributed by atoms with Crippen molar-refractivity contribution in [3.8, 4) is 0 Å².